The van der Waals surface area contributed by atoms with E-state index in [0.717, 1.165) is 16.8 Å². The summed E-state index contributed by atoms with van der Waals surface area (Å²) >= 11 is 1.39. The lowest BCUT2D eigenvalue weighted by Gasteiger charge is -2.03. The van der Waals surface area contributed by atoms with E-state index in [4.69, 9.17) is 4.52 Å². The number of aryl methyl sites for hydroxylation is 1. The summed E-state index contributed by atoms with van der Waals surface area (Å²) in [5.41, 5.74) is 2.78. The summed E-state index contributed by atoms with van der Waals surface area (Å²) in [4.78, 5) is 4.45. The van der Waals surface area contributed by atoms with Crippen LogP contribution < -0.4 is 0 Å². The minimum absolute atomic E-state index is 0.186. The third kappa shape index (κ3) is 3.29. The van der Waals surface area contributed by atoms with Crippen LogP contribution in [0.25, 0.3) is 17.1 Å². The standard InChI is InChI=1S/C17H14N6O2S/c1-11-4-2-3-5-14(11)16-18-15(25-20-16)10-26-17-19-21-22-23(17)12-6-8-13(24)9-7-12/h2-9,24H,10H2,1H3. The van der Waals surface area contributed by atoms with Crippen LogP contribution in [-0.2, 0) is 5.75 Å². The van der Waals surface area contributed by atoms with E-state index in [-0.39, 0.29) is 5.75 Å². The van der Waals surface area contributed by atoms with Gasteiger partial charge in [0.15, 0.2) is 0 Å². The molecule has 0 spiro atoms. The summed E-state index contributed by atoms with van der Waals surface area (Å²) in [7, 11) is 0. The predicted octanol–water partition coefficient (Wildman–Crippen LogP) is 3.02. The highest BCUT2D eigenvalue weighted by atomic mass is 32.2. The van der Waals surface area contributed by atoms with E-state index in [1.807, 2.05) is 31.2 Å². The fourth-order valence-corrected chi connectivity index (χ4v) is 3.13. The van der Waals surface area contributed by atoms with Crippen LogP contribution in [0.1, 0.15) is 11.5 Å². The lowest BCUT2D eigenvalue weighted by molar-refractivity contribution is 0.391. The van der Waals surface area contributed by atoms with Crippen LogP contribution in [0.5, 0.6) is 5.75 Å². The molecule has 0 aliphatic heterocycles. The Balaban J connectivity index is 1.50. The van der Waals surface area contributed by atoms with Gasteiger partial charge in [0, 0.05) is 5.56 Å². The Labute approximate surface area is 152 Å². The van der Waals surface area contributed by atoms with Gasteiger partial charge in [-0.2, -0.15) is 9.67 Å². The van der Waals surface area contributed by atoms with Gasteiger partial charge in [0.1, 0.15) is 5.75 Å². The van der Waals surface area contributed by atoms with Crippen molar-refractivity contribution in [2.45, 2.75) is 17.8 Å². The lowest BCUT2D eigenvalue weighted by Crippen LogP contribution is -1.98. The van der Waals surface area contributed by atoms with Crippen LogP contribution in [0.3, 0.4) is 0 Å². The van der Waals surface area contributed by atoms with Gasteiger partial charge in [-0.1, -0.05) is 41.2 Å². The number of phenols is 1. The van der Waals surface area contributed by atoms with Crippen LogP contribution in [0.15, 0.2) is 58.2 Å². The summed E-state index contributed by atoms with van der Waals surface area (Å²) < 4.78 is 6.93. The van der Waals surface area contributed by atoms with Gasteiger partial charge in [-0.3, -0.25) is 0 Å². The second kappa shape index (κ2) is 6.96. The van der Waals surface area contributed by atoms with Gasteiger partial charge in [0.05, 0.1) is 11.4 Å². The van der Waals surface area contributed by atoms with E-state index in [9.17, 15) is 5.11 Å². The highest BCUT2D eigenvalue weighted by molar-refractivity contribution is 7.98. The Morgan fingerprint density at radius 2 is 1.92 bits per heavy atom. The van der Waals surface area contributed by atoms with Gasteiger partial charge >= 0.3 is 0 Å². The summed E-state index contributed by atoms with van der Waals surface area (Å²) in [6.45, 7) is 2.01. The number of aromatic hydroxyl groups is 1. The van der Waals surface area contributed by atoms with Gasteiger partial charge in [-0.05, 0) is 47.2 Å². The molecular weight excluding hydrogens is 352 g/mol. The zero-order valence-corrected chi connectivity index (χ0v) is 14.6. The Hall–Kier alpha value is -3.20. The molecule has 0 fully saturated rings. The predicted molar refractivity (Wildman–Crippen MR) is 94.9 cm³/mol. The van der Waals surface area contributed by atoms with E-state index in [1.165, 1.54) is 11.8 Å². The number of hydrogen-bond acceptors (Lipinski definition) is 8. The molecule has 9 heteroatoms. The minimum atomic E-state index is 0.186. The molecule has 2 aromatic heterocycles. The number of rotatable bonds is 5. The van der Waals surface area contributed by atoms with Gasteiger partial charge in [-0.15, -0.1) is 5.10 Å². The zero-order valence-electron chi connectivity index (χ0n) is 13.8. The average Bonchev–Trinajstić information content (AvgIpc) is 3.30. The molecule has 4 aromatic rings. The molecule has 4 rings (SSSR count). The first-order valence-electron chi connectivity index (χ1n) is 7.80. The van der Waals surface area contributed by atoms with E-state index >= 15 is 0 Å². The van der Waals surface area contributed by atoms with Crippen LogP contribution in [0.2, 0.25) is 0 Å². The number of benzene rings is 2. The fourth-order valence-electron chi connectivity index (χ4n) is 2.40. The van der Waals surface area contributed by atoms with Crippen LogP contribution in [-0.4, -0.2) is 35.5 Å². The smallest absolute Gasteiger partial charge is 0.237 e. The Morgan fingerprint density at radius 1 is 1.12 bits per heavy atom. The van der Waals surface area contributed by atoms with Crippen molar-refractivity contribution >= 4 is 11.8 Å². The van der Waals surface area contributed by atoms with Gasteiger partial charge < -0.3 is 9.63 Å². The number of nitrogens with zero attached hydrogens (tertiary/aromatic N) is 6. The third-order valence-electron chi connectivity index (χ3n) is 3.71. The SMILES string of the molecule is Cc1ccccc1-c1noc(CSc2nnnn2-c2ccc(O)cc2)n1. The molecule has 2 heterocycles. The number of tetrazole rings is 1. The van der Waals surface area contributed by atoms with Crippen molar-refractivity contribution in [2.24, 2.45) is 0 Å². The second-order valence-electron chi connectivity index (χ2n) is 5.50. The molecular formula is C17H14N6O2S. The van der Waals surface area contributed by atoms with Crippen LogP contribution in [0.4, 0.5) is 0 Å². The first-order valence-corrected chi connectivity index (χ1v) is 8.78. The quantitative estimate of drug-likeness (QED) is 0.538. The van der Waals surface area contributed by atoms with Crippen LogP contribution in [0, 0.1) is 6.92 Å². The topological polar surface area (TPSA) is 103 Å². The Bertz CT molecular complexity index is 1030. The van der Waals surface area contributed by atoms with Gasteiger partial charge in [0.25, 0.3) is 0 Å². The number of thioether (sulfide) groups is 1. The molecule has 0 aliphatic rings. The Kier molecular flexibility index (Phi) is 4.36. The molecule has 0 radical (unpaired) electrons. The second-order valence-corrected chi connectivity index (χ2v) is 6.45. The van der Waals surface area contributed by atoms with Crippen molar-refractivity contribution in [2.75, 3.05) is 0 Å². The summed E-state index contributed by atoms with van der Waals surface area (Å²) in [5, 5.41) is 25.8. The van der Waals surface area contributed by atoms with Crippen molar-refractivity contribution in [3.63, 3.8) is 0 Å². The monoisotopic (exact) mass is 366 g/mol. The van der Waals surface area contributed by atoms with Crippen LogP contribution >= 0.6 is 11.8 Å². The molecule has 0 aliphatic carbocycles. The van der Waals surface area contributed by atoms with Crippen molar-refractivity contribution in [1.82, 2.24) is 30.3 Å². The maximum atomic E-state index is 9.40. The third-order valence-corrected chi connectivity index (χ3v) is 4.62. The molecule has 0 saturated heterocycles. The molecule has 0 saturated carbocycles. The molecule has 0 bridgehead atoms. The van der Waals surface area contributed by atoms with Crippen molar-refractivity contribution in [1.29, 1.82) is 0 Å². The molecule has 1 N–H and O–H groups in total. The van der Waals surface area contributed by atoms with E-state index in [0.29, 0.717) is 22.6 Å². The van der Waals surface area contributed by atoms with Crippen molar-refractivity contribution in [3.05, 3.63) is 60.0 Å². The summed E-state index contributed by atoms with van der Waals surface area (Å²) in [6, 6.07) is 14.5. The molecule has 0 unspecified atom stereocenters. The first-order chi connectivity index (χ1) is 12.7. The van der Waals surface area contributed by atoms with E-state index in [2.05, 4.69) is 25.7 Å². The maximum Gasteiger partial charge on any atom is 0.237 e. The van der Waals surface area contributed by atoms with E-state index < -0.39 is 0 Å². The lowest BCUT2D eigenvalue weighted by atomic mass is 10.1. The molecule has 130 valence electrons. The van der Waals surface area contributed by atoms with Crippen molar-refractivity contribution in [3.8, 4) is 22.8 Å². The molecule has 26 heavy (non-hydrogen) atoms. The normalized spacial score (nSPS) is 11.0. The Morgan fingerprint density at radius 3 is 2.73 bits per heavy atom. The van der Waals surface area contributed by atoms with Gasteiger partial charge in [0.2, 0.25) is 16.9 Å². The molecule has 2 aromatic carbocycles. The largest absolute Gasteiger partial charge is 0.508 e. The molecule has 0 amide bonds. The highest BCUT2D eigenvalue weighted by Gasteiger charge is 2.14. The highest BCUT2D eigenvalue weighted by Crippen LogP contribution is 2.25. The molecule has 0 atom stereocenters. The number of phenolic OH excluding ortho intramolecular Hbond substituents is 1. The summed E-state index contributed by atoms with van der Waals surface area (Å²) in [6.07, 6.45) is 0. The first kappa shape index (κ1) is 16.3. The van der Waals surface area contributed by atoms with E-state index in [1.54, 1.807) is 28.9 Å². The summed E-state index contributed by atoms with van der Waals surface area (Å²) in [5.74, 6) is 1.69. The average molecular weight is 366 g/mol. The fraction of sp³-hybridized carbons (Fsp3) is 0.118. The zero-order chi connectivity index (χ0) is 17.9. The minimum Gasteiger partial charge on any atom is -0.508 e. The molecule has 8 nitrogen and oxygen atoms in total. The number of aromatic nitrogens is 6. The maximum absolute atomic E-state index is 9.40. The van der Waals surface area contributed by atoms with Crippen molar-refractivity contribution < 1.29 is 9.63 Å². The van der Waals surface area contributed by atoms with Gasteiger partial charge in [-0.25, -0.2) is 0 Å². The number of hydrogen-bond donors (Lipinski definition) is 1.